The van der Waals surface area contributed by atoms with Gasteiger partial charge in [0.1, 0.15) is 0 Å². The van der Waals surface area contributed by atoms with Crippen LogP contribution in [-0.4, -0.2) is 30.7 Å². The maximum atomic E-state index is 11.5. The van der Waals surface area contributed by atoms with E-state index in [0.29, 0.717) is 18.1 Å². The second kappa shape index (κ2) is 4.17. The molecule has 1 saturated carbocycles. The van der Waals surface area contributed by atoms with Crippen LogP contribution in [0.3, 0.4) is 0 Å². The summed E-state index contributed by atoms with van der Waals surface area (Å²) in [6.45, 7) is 3.20. The minimum Gasteiger partial charge on any atom is -0.335 e. The van der Waals surface area contributed by atoms with Gasteiger partial charge in [-0.05, 0) is 39.2 Å². The second-order valence-corrected chi connectivity index (χ2v) is 4.38. The van der Waals surface area contributed by atoms with Crippen LogP contribution < -0.4 is 16.0 Å². The van der Waals surface area contributed by atoms with Crippen molar-refractivity contribution in [3.63, 3.8) is 0 Å². The predicted octanol–water partition coefficient (Wildman–Crippen LogP) is 0.588. The molecule has 1 aliphatic heterocycles. The Hall–Kier alpha value is -0.770. The van der Waals surface area contributed by atoms with Crippen LogP contribution in [0.25, 0.3) is 0 Å². The van der Waals surface area contributed by atoms with Crippen molar-refractivity contribution in [2.75, 3.05) is 6.54 Å². The summed E-state index contributed by atoms with van der Waals surface area (Å²) < 4.78 is 0. The molecule has 2 aliphatic rings. The molecule has 0 aromatic rings. The monoisotopic (exact) mass is 197 g/mol. The van der Waals surface area contributed by atoms with Crippen molar-refractivity contribution in [1.29, 1.82) is 0 Å². The van der Waals surface area contributed by atoms with Crippen LogP contribution >= 0.6 is 0 Å². The number of hydrogen-bond donors (Lipinski definition) is 3. The smallest absolute Gasteiger partial charge is 0.315 e. The molecule has 0 aromatic carbocycles. The third-order valence-electron chi connectivity index (χ3n) is 2.99. The van der Waals surface area contributed by atoms with Crippen LogP contribution in [0.1, 0.15) is 32.6 Å². The van der Waals surface area contributed by atoms with Crippen LogP contribution in [0, 0.1) is 0 Å². The summed E-state index contributed by atoms with van der Waals surface area (Å²) in [6.07, 6.45) is 4.53. The Kier molecular flexibility index (Phi) is 2.91. The lowest BCUT2D eigenvalue weighted by Crippen LogP contribution is -2.54. The highest BCUT2D eigenvalue weighted by Gasteiger charge is 2.26. The molecular weight excluding hydrogens is 178 g/mol. The van der Waals surface area contributed by atoms with Gasteiger partial charge in [-0.15, -0.1) is 0 Å². The Labute approximate surface area is 84.8 Å². The van der Waals surface area contributed by atoms with Gasteiger partial charge in [-0.25, -0.2) is 4.79 Å². The molecule has 2 rings (SSSR count). The van der Waals surface area contributed by atoms with E-state index in [4.69, 9.17) is 0 Å². The van der Waals surface area contributed by atoms with E-state index < -0.39 is 0 Å². The Balaban J connectivity index is 1.73. The first-order valence-corrected chi connectivity index (χ1v) is 5.56. The number of carbonyl (C=O) groups is 1. The summed E-state index contributed by atoms with van der Waals surface area (Å²) in [5, 5.41) is 9.34. The van der Waals surface area contributed by atoms with Crippen molar-refractivity contribution in [1.82, 2.24) is 16.0 Å². The van der Waals surface area contributed by atoms with Crippen LogP contribution in [-0.2, 0) is 0 Å². The van der Waals surface area contributed by atoms with Gasteiger partial charge in [-0.3, -0.25) is 0 Å². The highest BCUT2D eigenvalue weighted by atomic mass is 16.2. The molecule has 0 aromatic heterocycles. The molecule has 4 nitrogen and oxygen atoms in total. The van der Waals surface area contributed by atoms with Crippen LogP contribution in [0.5, 0.6) is 0 Å². The summed E-state index contributed by atoms with van der Waals surface area (Å²) in [7, 11) is 0. The minimum atomic E-state index is 0.00745. The second-order valence-electron chi connectivity index (χ2n) is 4.38. The summed E-state index contributed by atoms with van der Waals surface area (Å²) in [5.74, 6) is 0. The molecule has 3 N–H and O–H groups in total. The van der Waals surface area contributed by atoms with Gasteiger partial charge in [-0.2, -0.15) is 0 Å². The molecule has 0 spiro atoms. The van der Waals surface area contributed by atoms with Crippen molar-refractivity contribution < 1.29 is 4.79 Å². The molecule has 80 valence electrons. The molecule has 0 bridgehead atoms. The summed E-state index contributed by atoms with van der Waals surface area (Å²) in [4.78, 5) is 11.5. The van der Waals surface area contributed by atoms with Gasteiger partial charge in [0.05, 0.1) is 0 Å². The van der Waals surface area contributed by atoms with Gasteiger partial charge in [0.25, 0.3) is 0 Å². The van der Waals surface area contributed by atoms with E-state index in [-0.39, 0.29) is 6.03 Å². The molecular formula is C10H19N3O. The summed E-state index contributed by atoms with van der Waals surface area (Å²) in [6, 6.07) is 1.14. The Bertz CT molecular complexity index is 215. The first-order chi connectivity index (χ1) is 6.75. The maximum Gasteiger partial charge on any atom is 0.315 e. The molecule has 1 saturated heterocycles. The van der Waals surface area contributed by atoms with Gasteiger partial charge in [0.15, 0.2) is 0 Å². The molecule has 1 heterocycles. The SMILES string of the molecule is C[C@@H]1NCCC[C@@H]1NC(=O)NC1CC1. The number of carbonyl (C=O) groups excluding carboxylic acids is 1. The number of amides is 2. The molecule has 0 radical (unpaired) electrons. The zero-order chi connectivity index (χ0) is 9.97. The fourth-order valence-electron chi connectivity index (χ4n) is 1.86. The average Bonchev–Trinajstić information content (AvgIpc) is 2.93. The lowest BCUT2D eigenvalue weighted by atomic mass is 10.0. The molecule has 2 amide bonds. The average molecular weight is 197 g/mol. The number of urea groups is 1. The van der Waals surface area contributed by atoms with Crippen LogP contribution in [0.4, 0.5) is 4.79 Å². The van der Waals surface area contributed by atoms with Crippen LogP contribution in [0.2, 0.25) is 0 Å². The molecule has 1 aliphatic carbocycles. The predicted molar refractivity (Wildman–Crippen MR) is 55.2 cm³/mol. The number of rotatable bonds is 2. The van der Waals surface area contributed by atoms with E-state index in [9.17, 15) is 4.79 Å². The van der Waals surface area contributed by atoms with Crippen molar-refractivity contribution in [2.45, 2.75) is 50.7 Å². The van der Waals surface area contributed by atoms with Gasteiger partial charge in [0, 0.05) is 18.1 Å². The normalized spacial score (nSPS) is 32.4. The first kappa shape index (κ1) is 9.77. The van der Waals surface area contributed by atoms with E-state index in [1.807, 2.05) is 0 Å². The lowest BCUT2D eigenvalue weighted by Gasteiger charge is -2.30. The standard InChI is InChI=1S/C10H19N3O/c1-7-9(3-2-6-11-7)13-10(14)12-8-4-5-8/h7-9,11H,2-6H2,1H3,(H2,12,13,14)/t7-,9-/m0/s1. The van der Waals surface area contributed by atoms with Crippen molar-refractivity contribution in [3.8, 4) is 0 Å². The van der Waals surface area contributed by atoms with Crippen molar-refractivity contribution in [2.24, 2.45) is 0 Å². The van der Waals surface area contributed by atoms with Crippen molar-refractivity contribution >= 4 is 6.03 Å². The molecule has 4 heteroatoms. The largest absolute Gasteiger partial charge is 0.335 e. The van der Waals surface area contributed by atoms with E-state index in [2.05, 4.69) is 22.9 Å². The summed E-state index contributed by atoms with van der Waals surface area (Å²) in [5.41, 5.74) is 0. The van der Waals surface area contributed by atoms with Gasteiger partial charge < -0.3 is 16.0 Å². The third kappa shape index (κ3) is 2.61. The Morgan fingerprint density at radius 3 is 2.71 bits per heavy atom. The number of nitrogens with one attached hydrogen (secondary N) is 3. The molecule has 0 unspecified atom stereocenters. The quantitative estimate of drug-likeness (QED) is 0.607. The number of hydrogen-bond acceptors (Lipinski definition) is 2. The maximum absolute atomic E-state index is 11.5. The van der Waals surface area contributed by atoms with E-state index >= 15 is 0 Å². The zero-order valence-electron chi connectivity index (χ0n) is 8.68. The Morgan fingerprint density at radius 2 is 2.07 bits per heavy atom. The van der Waals surface area contributed by atoms with Crippen LogP contribution in [0.15, 0.2) is 0 Å². The highest BCUT2D eigenvalue weighted by Crippen LogP contribution is 2.18. The molecule has 2 atom stereocenters. The van der Waals surface area contributed by atoms with Gasteiger partial charge in [-0.1, -0.05) is 0 Å². The Morgan fingerprint density at radius 1 is 1.29 bits per heavy atom. The zero-order valence-corrected chi connectivity index (χ0v) is 8.68. The number of piperidine rings is 1. The molecule has 2 fully saturated rings. The molecule has 14 heavy (non-hydrogen) atoms. The fourth-order valence-corrected chi connectivity index (χ4v) is 1.86. The van der Waals surface area contributed by atoms with Gasteiger partial charge in [0.2, 0.25) is 0 Å². The van der Waals surface area contributed by atoms with E-state index in [1.165, 1.54) is 0 Å². The summed E-state index contributed by atoms with van der Waals surface area (Å²) >= 11 is 0. The van der Waals surface area contributed by atoms with Crippen molar-refractivity contribution in [3.05, 3.63) is 0 Å². The fraction of sp³-hybridized carbons (Fsp3) is 0.900. The third-order valence-corrected chi connectivity index (χ3v) is 2.99. The van der Waals surface area contributed by atoms with E-state index in [1.54, 1.807) is 0 Å². The lowest BCUT2D eigenvalue weighted by molar-refractivity contribution is 0.227. The van der Waals surface area contributed by atoms with Gasteiger partial charge >= 0.3 is 6.03 Å². The topological polar surface area (TPSA) is 53.2 Å². The minimum absolute atomic E-state index is 0.00745. The van der Waals surface area contributed by atoms with E-state index in [0.717, 1.165) is 32.2 Å². The highest BCUT2D eigenvalue weighted by molar-refractivity contribution is 5.75. The first-order valence-electron chi connectivity index (χ1n) is 5.56.